The number of hydrogen-bond acceptors (Lipinski definition) is 6. The Hall–Kier alpha value is -2.38. The lowest BCUT2D eigenvalue weighted by atomic mass is 10.1. The topological polar surface area (TPSA) is 62.0 Å². The third-order valence-corrected chi connectivity index (χ3v) is 4.46. The summed E-state index contributed by atoms with van der Waals surface area (Å²) < 4.78 is 11.1. The lowest BCUT2D eigenvalue weighted by molar-refractivity contribution is 0.0786. The Balaban J connectivity index is 1.96. The Morgan fingerprint density at radius 1 is 1.12 bits per heavy atom. The molecule has 7 heteroatoms. The van der Waals surface area contributed by atoms with Crippen molar-refractivity contribution in [3.05, 3.63) is 35.9 Å². The molecule has 1 aromatic carbocycles. The van der Waals surface area contributed by atoms with E-state index in [0.717, 1.165) is 12.1 Å². The largest absolute Gasteiger partial charge is 0.378 e. The van der Waals surface area contributed by atoms with Crippen LogP contribution in [0.3, 0.4) is 0 Å². The number of carbonyl (C=O) groups is 1. The second-order valence-electron chi connectivity index (χ2n) is 6.71. The summed E-state index contributed by atoms with van der Waals surface area (Å²) in [6, 6.07) is 9.65. The van der Waals surface area contributed by atoms with E-state index in [4.69, 9.17) is 9.26 Å². The molecular weight excluding hydrogens is 332 g/mol. The van der Waals surface area contributed by atoms with E-state index in [1.165, 1.54) is 0 Å². The Kier molecular flexibility index (Phi) is 5.90. The fraction of sp³-hybridized carbons (Fsp3) is 0.474. The number of likely N-dealkylation sites (N-methyl/N-ethyl adjacent to an activating group) is 2. The smallest absolute Gasteiger partial charge is 0.261 e. The highest BCUT2D eigenvalue weighted by Crippen LogP contribution is 2.32. The van der Waals surface area contributed by atoms with Crippen molar-refractivity contribution in [1.29, 1.82) is 0 Å². The number of nitrogens with zero attached hydrogens (tertiary/aromatic N) is 4. The van der Waals surface area contributed by atoms with Gasteiger partial charge < -0.3 is 24.0 Å². The number of hydrogen-bond donors (Lipinski definition) is 0. The average Bonchev–Trinajstić information content (AvgIpc) is 3.12. The van der Waals surface area contributed by atoms with Crippen molar-refractivity contribution in [3.8, 4) is 11.3 Å². The van der Waals surface area contributed by atoms with Gasteiger partial charge in [-0.25, -0.2) is 0 Å². The van der Waals surface area contributed by atoms with Crippen LogP contribution < -0.4 is 4.90 Å². The monoisotopic (exact) mass is 358 g/mol. The van der Waals surface area contributed by atoms with Gasteiger partial charge in [0.05, 0.1) is 13.2 Å². The van der Waals surface area contributed by atoms with Crippen molar-refractivity contribution >= 4 is 11.7 Å². The minimum atomic E-state index is -0.0755. The fourth-order valence-corrected chi connectivity index (χ4v) is 2.89. The summed E-state index contributed by atoms with van der Waals surface area (Å²) in [5.41, 5.74) is 1.38. The van der Waals surface area contributed by atoms with Gasteiger partial charge in [-0.1, -0.05) is 35.5 Å². The molecule has 0 saturated carbocycles. The minimum absolute atomic E-state index is 0.0755. The highest BCUT2D eigenvalue weighted by atomic mass is 16.5. The molecule has 1 aromatic heterocycles. The molecule has 2 heterocycles. The minimum Gasteiger partial charge on any atom is -0.378 e. The van der Waals surface area contributed by atoms with E-state index < -0.39 is 0 Å². The van der Waals surface area contributed by atoms with Crippen LogP contribution in [-0.4, -0.2) is 81.4 Å². The molecule has 0 radical (unpaired) electrons. The maximum absolute atomic E-state index is 13.2. The first-order chi connectivity index (χ1) is 12.6. The third kappa shape index (κ3) is 4.05. The van der Waals surface area contributed by atoms with Crippen molar-refractivity contribution in [2.45, 2.75) is 0 Å². The second-order valence-corrected chi connectivity index (χ2v) is 6.71. The lowest BCUT2D eigenvalue weighted by Crippen LogP contribution is -2.39. The van der Waals surface area contributed by atoms with Crippen LogP contribution in [0.15, 0.2) is 34.9 Å². The Bertz CT molecular complexity index is 724. The predicted molar refractivity (Wildman–Crippen MR) is 100 cm³/mol. The first-order valence-electron chi connectivity index (χ1n) is 8.86. The van der Waals surface area contributed by atoms with E-state index in [-0.39, 0.29) is 5.91 Å². The summed E-state index contributed by atoms with van der Waals surface area (Å²) in [6.45, 7) is 4.06. The first kappa shape index (κ1) is 18.4. The number of anilines is 1. The molecule has 0 spiro atoms. The molecule has 1 aliphatic rings. The van der Waals surface area contributed by atoms with Gasteiger partial charge in [-0.3, -0.25) is 4.79 Å². The molecule has 0 aliphatic carbocycles. The summed E-state index contributed by atoms with van der Waals surface area (Å²) in [4.78, 5) is 19.1. The van der Waals surface area contributed by atoms with Crippen LogP contribution in [0.2, 0.25) is 0 Å². The quantitative estimate of drug-likeness (QED) is 0.785. The highest BCUT2D eigenvalue weighted by Gasteiger charge is 2.30. The first-order valence-corrected chi connectivity index (χ1v) is 8.86. The number of aromatic nitrogens is 1. The van der Waals surface area contributed by atoms with Gasteiger partial charge in [-0.15, -0.1) is 0 Å². The molecule has 0 N–H and O–H groups in total. The van der Waals surface area contributed by atoms with Crippen LogP contribution in [0, 0.1) is 0 Å². The molecule has 1 fully saturated rings. The highest BCUT2D eigenvalue weighted by molar-refractivity contribution is 6.04. The van der Waals surface area contributed by atoms with Gasteiger partial charge in [0, 0.05) is 38.8 Å². The summed E-state index contributed by atoms with van der Waals surface area (Å²) in [7, 11) is 5.80. The van der Waals surface area contributed by atoms with E-state index >= 15 is 0 Å². The molecular formula is C19H26N4O3. The van der Waals surface area contributed by atoms with Crippen molar-refractivity contribution in [2.75, 3.05) is 65.4 Å². The van der Waals surface area contributed by atoms with Crippen molar-refractivity contribution in [2.24, 2.45) is 0 Å². The molecule has 26 heavy (non-hydrogen) atoms. The number of carbonyl (C=O) groups excluding carboxylic acids is 1. The van der Waals surface area contributed by atoms with Crippen molar-refractivity contribution < 1.29 is 14.1 Å². The van der Waals surface area contributed by atoms with E-state index in [2.05, 4.69) is 15.0 Å². The van der Waals surface area contributed by atoms with Crippen LogP contribution in [0.1, 0.15) is 10.4 Å². The van der Waals surface area contributed by atoms with Gasteiger partial charge >= 0.3 is 0 Å². The molecule has 140 valence electrons. The predicted octanol–water partition coefficient (Wildman–Crippen LogP) is 1.81. The SMILES string of the molecule is CN(C)CCN(C)C(=O)c1c(N2CCOCC2)noc1-c1ccccc1. The Morgan fingerprint density at radius 2 is 1.81 bits per heavy atom. The standard InChI is InChI=1S/C19H26N4O3/c1-21(2)9-10-22(3)19(24)16-17(15-7-5-4-6-8-15)26-20-18(16)23-11-13-25-14-12-23/h4-8H,9-14H2,1-3H3. The second kappa shape index (κ2) is 8.33. The number of ether oxygens (including phenoxy) is 1. The molecule has 0 unspecified atom stereocenters. The van der Waals surface area contributed by atoms with Crippen molar-refractivity contribution in [3.63, 3.8) is 0 Å². The van der Waals surface area contributed by atoms with E-state index in [9.17, 15) is 4.79 Å². The number of morpholine rings is 1. The zero-order valence-corrected chi connectivity index (χ0v) is 15.6. The van der Waals surface area contributed by atoms with Gasteiger partial charge in [-0.2, -0.15) is 0 Å². The van der Waals surface area contributed by atoms with E-state index in [0.29, 0.717) is 50.0 Å². The van der Waals surface area contributed by atoms with E-state index in [1.807, 2.05) is 51.5 Å². The maximum Gasteiger partial charge on any atom is 0.261 e. The molecule has 1 saturated heterocycles. The number of amides is 1. The zero-order valence-electron chi connectivity index (χ0n) is 15.6. The van der Waals surface area contributed by atoms with E-state index in [1.54, 1.807) is 4.90 Å². The third-order valence-electron chi connectivity index (χ3n) is 4.46. The van der Waals surface area contributed by atoms with Gasteiger partial charge in [0.25, 0.3) is 5.91 Å². The zero-order chi connectivity index (χ0) is 18.5. The van der Waals surface area contributed by atoms with Gasteiger partial charge in [0.15, 0.2) is 11.6 Å². The summed E-state index contributed by atoms with van der Waals surface area (Å²) in [5.74, 6) is 1.05. The van der Waals surface area contributed by atoms with Gasteiger partial charge in [0.1, 0.15) is 5.56 Å². The van der Waals surface area contributed by atoms with Crippen LogP contribution >= 0.6 is 0 Å². The van der Waals surface area contributed by atoms with Gasteiger partial charge in [-0.05, 0) is 14.1 Å². The molecule has 2 aromatic rings. The van der Waals surface area contributed by atoms with Gasteiger partial charge in [0.2, 0.25) is 0 Å². The molecule has 3 rings (SSSR count). The average molecular weight is 358 g/mol. The molecule has 0 atom stereocenters. The maximum atomic E-state index is 13.2. The van der Waals surface area contributed by atoms with Crippen LogP contribution in [0.4, 0.5) is 5.82 Å². The van der Waals surface area contributed by atoms with Crippen LogP contribution in [0.5, 0.6) is 0 Å². The molecule has 7 nitrogen and oxygen atoms in total. The number of benzene rings is 1. The molecule has 0 bridgehead atoms. The Morgan fingerprint density at radius 3 is 2.46 bits per heavy atom. The fourth-order valence-electron chi connectivity index (χ4n) is 2.89. The molecule has 1 aliphatic heterocycles. The van der Waals surface area contributed by atoms with Crippen LogP contribution in [0.25, 0.3) is 11.3 Å². The lowest BCUT2D eigenvalue weighted by Gasteiger charge is -2.28. The summed E-state index contributed by atoms with van der Waals surface area (Å²) in [6.07, 6.45) is 0. The van der Waals surface area contributed by atoms with Crippen LogP contribution in [-0.2, 0) is 4.74 Å². The normalized spacial score (nSPS) is 14.7. The molecule has 1 amide bonds. The van der Waals surface area contributed by atoms with Crippen molar-refractivity contribution in [1.82, 2.24) is 15.0 Å². The number of rotatable bonds is 6. The summed E-state index contributed by atoms with van der Waals surface area (Å²) in [5, 5.41) is 4.25. The summed E-state index contributed by atoms with van der Waals surface area (Å²) >= 11 is 0. The Labute approximate surface area is 154 Å².